The van der Waals surface area contributed by atoms with E-state index in [1.807, 2.05) is 22.4 Å². The fraction of sp³-hybridized carbons (Fsp3) is 0.579. The van der Waals surface area contributed by atoms with Gasteiger partial charge in [0.1, 0.15) is 0 Å². The lowest BCUT2D eigenvalue weighted by Gasteiger charge is -2.36. The van der Waals surface area contributed by atoms with Gasteiger partial charge in [0.25, 0.3) is 5.89 Å². The molecule has 0 aromatic carbocycles. The monoisotopic (exact) mass is 435 g/mol. The summed E-state index contributed by atoms with van der Waals surface area (Å²) in [5.41, 5.74) is 0. The molecule has 0 radical (unpaired) electrons. The number of rotatable bonds is 6. The number of ether oxygens (including phenoxy) is 1. The number of aryl methyl sites for hydroxylation is 1. The quantitative estimate of drug-likeness (QED) is 0.627. The van der Waals surface area contributed by atoms with Crippen LogP contribution in [0.1, 0.15) is 6.42 Å². The first-order valence-electron chi connectivity index (χ1n) is 10.1. The molecule has 10 nitrogen and oxygen atoms in total. The minimum absolute atomic E-state index is 0.0262. The summed E-state index contributed by atoms with van der Waals surface area (Å²) in [6, 6.07) is 3.69. The van der Waals surface area contributed by atoms with Crippen LogP contribution >= 0.6 is 11.3 Å². The van der Waals surface area contributed by atoms with Crippen LogP contribution in [0.2, 0.25) is 0 Å². The SMILES string of the molecule is O=C(CCn1nc(-c2cccs2)oc1=O)N1CCN(CC(=O)N2CCOCC2)CC1. The first-order valence-corrected chi connectivity index (χ1v) is 11.0. The molecule has 11 heteroatoms. The smallest absolute Gasteiger partial charge is 0.387 e. The molecule has 0 N–H and O–H groups in total. The highest BCUT2D eigenvalue weighted by atomic mass is 32.1. The minimum atomic E-state index is -0.558. The van der Waals surface area contributed by atoms with Crippen LogP contribution in [0, 0.1) is 0 Å². The average molecular weight is 436 g/mol. The predicted molar refractivity (Wildman–Crippen MR) is 109 cm³/mol. The van der Waals surface area contributed by atoms with Gasteiger partial charge in [0, 0.05) is 45.7 Å². The Balaban J connectivity index is 1.22. The van der Waals surface area contributed by atoms with Crippen LogP contribution < -0.4 is 5.76 Å². The molecular weight excluding hydrogens is 410 g/mol. The highest BCUT2D eigenvalue weighted by Gasteiger charge is 2.25. The number of hydrogen-bond acceptors (Lipinski definition) is 8. The van der Waals surface area contributed by atoms with Gasteiger partial charge in [-0.25, -0.2) is 4.79 Å². The van der Waals surface area contributed by atoms with Gasteiger partial charge in [0.2, 0.25) is 11.8 Å². The Morgan fingerprint density at radius 3 is 2.47 bits per heavy atom. The van der Waals surface area contributed by atoms with E-state index in [4.69, 9.17) is 9.15 Å². The molecule has 2 saturated heterocycles. The van der Waals surface area contributed by atoms with Crippen molar-refractivity contribution in [2.45, 2.75) is 13.0 Å². The maximum Gasteiger partial charge on any atom is 0.437 e. The number of carbonyl (C=O) groups is 2. The largest absolute Gasteiger partial charge is 0.437 e. The van der Waals surface area contributed by atoms with Crippen molar-refractivity contribution in [3.8, 4) is 10.8 Å². The van der Waals surface area contributed by atoms with Crippen LogP contribution in [0.3, 0.4) is 0 Å². The molecule has 162 valence electrons. The van der Waals surface area contributed by atoms with Crippen LogP contribution in [-0.2, 0) is 20.9 Å². The average Bonchev–Trinajstić information content (AvgIpc) is 3.43. The van der Waals surface area contributed by atoms with Crippen molar-refractivity contribution in [3.05, 3.63) is 28.1 Å². The van der Waals surface area contributed by atoms with Crippen molar-refractivity contribution >= 4 is 23.2 Å². The summed E-state index contributed by atoms with van der Waals surface area (Å²) in [7, 11) is 0. The lowest BCUT2D eigenvalue weighted by atomic mass is 10.2. The van der Waals surface area contributed by atoms with E-state index >= 15 is 0 Å². The van der Waals surface area contributed by atoms with Crippen molar-refractivity contribution in [3.63, 3.8) is 0 Å². The molecule has 2 fully saturated rings. The Bertz CT molecular complexity index is 910. The van der Waals surface area contributed by atoms with Gasteiger partial charge in [0.15, 0.2) is 0 Å². The molecular formula is C19H25N5O5S. The molecule has 4 rings (SSSR count). The van der Waals surface area contributed by atoms with Gasteiger partial charge in [-0.3, -0.25) is 14.5 Å². The highest BCUT2D eigenvalue weighted by molar-refractivity contribution is 7.13. The number of nitrogens with zero attached hydrogens (tertiary/aromatic N) is 5. The molecule has 0 spiro atoms. The van der Waals surface area contributed by atoms with Gasteiger partial charge in [-0.05, 0) is 11.4 Å². The number of morpholine rings is 1. The molecule has 0 unspecified atom stereocenters. The summed E-state index contributed by atoms with van der Waals surface area (Å²) >= 11 is 1.44. The van der Waals surface area contributed by atoms with E-state index < -0.39 is 5.76 Å². The van der Waals surface area contributed by atoms with Gasteiger partial charge in [-0.15, -0.1) is 16.4 Å². The Kier molecular flexibility index (Phi) is 6.60. The Morgan fingerprint density at radius 2 is 1.77 bits per heavy atom. The second-order valence-corrected chi connectivity index (χ2v) is 8.22. The summed E-state index contributed by atoms with van der Waals surface area (Å²) in [6.07, 6.45) is 0.184. The molecule has 0 bridgehead atoms. The minimum Gasteiger partial charge on any atom is -0.387 e. The fourth-order valence-electron chi connectivity index (χ4n) is 3.57. The topological polar surface area (TPSA) is 101 Å². The van der Waals surface area contributed by atoms with Gasteiger partial charge >= 0.3 is 5.76 Å². The van der Waals surface area contributed by atoms with Crippen molar-refractivity contribution < 1.29 is 18.7 Å². The predicted octanol–water partition coefficient (Wildman–Crippen LogP) is -0.0421. The highest BCUT2D eigenvalue weighted by Crippen LogP contribution is 2.21. The zero-order chi connectivity index (χ0) is 20.9. The zero-order valence-electron chi connectivity index (χ0n) is 16.7. The molecule has 2 aromatic rings. The molecule has 0 atom stereocenters. The van der Waals surface area contributed by atoms with Crippen LogP contribution in [-0.4, -0.2) is 95.3 Å². The van der Waals surface area contributed by atoms with E-state index in [9.17, 15) is 14.4 Å². The molecule has 30 heavy (non-hydrogen) atoms. The second-order valence-electron chi connectivity index (χ2n) is 7.27. The third kappa shape index (κ3) is 4.97. The van der Waals surface area contributed by atoms with E-state index in [2.05, 4.69) is 10.00 Å². The summed E-state index contributed by atoms with van der Waals surface area (Å²) in [4.78, 5) is 43.3. The van der Waals surface area contributed by atoms with E-state index in [0.717, 1.165) is 4.88 Å². The number of amides is 2. The normalized spacial score (nSPS) is 18.0. The van der Waals surface area contributed by atoms with Gasteiger partial charge < -0.3 is 19.0 Å². The summed E-state index contributed by atoms with van der Waals surface area (Å²) in [5.74, 6) is -0.189. The van der Waals surface area contributed by atoms with Crippen LogP contribution in [0.25, 0.3) is 10.8 Å². The summed E-state index contributed by atoms with van der Waals surface area (Å²) in [5, 5.41) is 6.06. The molecule has 4 heterocycles. The fourth-order valence-corrected chi connectivity index (χ4v) is 4.21. The maximum atomic E-state index is 12.5. The van der Waals surface area contributed by atoms with Crippen molar-refractivity contribution in [2.75, 3.05) is 59.0 Å². The lowest BCUT2D eigenvalue weighted by Crippen LogP contribution is -2.52. The van der Waals surface area contributed by atoms with Crippen LogP contribution in [0.4, 0.5) is 0 Å². The van der Waals surface area contributed by atoms with Crippen LogP contribution in [0.5, 0.6) is 0 Å². The first kappa shape index (κ1) is 20.8. The van der Waals surface area contributed by atoms with Crippen LogP contribution in [0.15, 0.2) is 26.7 Å². The number of carbonyl (C=O) groups excluding carboxylic acids is 2. The van der Waals surface area contributed by atoms with Crippen molar-refractivity contribution in [1.29, 1.82) is 0 Å². The number of aromatic nitrogens is 2. The second kappa shape index (κ2) is 9.54. The number of hydrogen-bond donors (Lipinski definition) is 0. The Hall–Kier alpha value is -2.50. The summed E-state index contributed by atoms with van der Waals surface area (Å²) in [6.45, 7) is 5.51. The van der Waals surface area contributed by atoms with Gasteiger partial charge in [-0.2, -0.15) is 4.68 Å². The third-order valence-electron chi connectivity index (χ3n) is 5.32. The third-order valence-corrected chi connectivity index (χ3v) is 6.18. The molecule has 0 aliphatic carbocycles. The molecule has 2 amide bonds. The van der Waals surface area contributed by atoms with Crippen molar-refractivity contribution in [1.82, 2.24) is 24.5 Å². The molecule has 2 aromatic heterocycles. The molecule has 0 saturated carbocycles. The zero-order valence-corrected chi connectivity index (χ0v) is 17.5. The molecule has 2 aliphatic heterocycles. The molecule has 2 aliphatic rings. The lowest BCUT2D eigenvalue weighted by molar-refractivity contribution is -0.138. The summed E-state index contributed by atoms with van der Waals surface area (Å²) < 4.78 is 11.6. The van der Waals surface area contributed by atoms with E-state index in [-0.39, 0.29) is 30.7 Å². The number of piperazine rings is 1. The van der Waals surface area contributed by atoms with Gasteiger partial charge in [-0.1, -0.05) is 6.07 Å². The van der Waals surface area contributed by atoms with Crippen molar-refractivity contribution in [2.24, 2.45) is 0 Å². The van der Waals surface area contributed by atoms with E-state index in [1.54, 1.807) is 4.90 Å². The van der Waals surface area contributed by atoms with E-state index in [1.165, 1.54) is 16.0 Å². The first-order chi connectivity index (χ1) is 14.6. The van der Waals surface area contributed by atoms with Gasteiger partial charge in [0.05, 0.1) is 31.2 Å². The standard InChI is InChI=1S/C19H25N5O5S/c25-16(3-4-24-19(27)29-18(20-24)15-2-1-13-30-15)22-7-5-21(6-8-22)14-17(26)23-9-11-28-12-10-23/h1-2,13H,3-12,14H2. The Labute approximate surface area is 177 Å². The maximum absolute atomic E-state index is 12.5. The number of thiophene rings is 1. The Morgan fingerprint density at radius 1 is 1.03 bits per heavy atom. The van der Waals surface area contributed by atoms with E-state index in [0.29, 0.717) is 59.0 Å².